The van der Waals surface area contributed by atoms with E-state index in [4.69, 9.17) is 5.26 Å². The first kappa shape index (κ1) is 16.1. The molecule has 6 heteroatoms. The number of aliphatic carboxylic acids is 1. The Kier molecular flexibility index (Phi) is 5.23. The number of carboxylic acid groups (broad SMARTS) is 1. The van der Waals surface area contributed by atoms with Crippen LogP contribution in [-0.4, -0.2) is 22.0 Å². The Bertz CT molecular complexity index is 672. The predicted molar refractivity (Wildman–Crippen MR) is 87.5 cm³/mol. The highest BCUT2D eigenvalue weighted by atomic mass is 32.2. The molecule has 0 radical (unpaired) electrons. The van der Waals surface area contributed by atoms with Gasteiger partial charge in [0.15, 0.2) is 5.17 Å². The van der Waals surface area contributed by atoms with Crippen LogP contribution in [0.1, 0.15) is 31.0 Å². The molecule has 1 aliphatic heterocycles. The monoisotopic (exact) mass is 315 g/mol. The minimum atomic E-state index is -0.984. The number of thioether (sulfide) groups is 1. The summed E-state index contributed by atoms with van der Waals surface area (Å²) in [6, 6.07) is 9.31. The molecule has 0 spiro atoms. The predicted octanol–water partition coefficient (Wildman–Crippen LogP) is 2.86. The minimum absolute atomic E-state index is 0.241. The number of aliphatic imine (C=N–C) groups is 1. The third-order valence-electron chi connectivity index (χ3n) is 3.43. The maximum atomic E-state index is 11.6. The molecule has 0 aliphatic carbocycles. The average Bonchev–Trinajstić information content (AvgIpc) is 2.52. The second-order valence-electron chi connectivity index (χ2n) is 4.85. The zero-order chi connectivity index (χ0) is 16.1. The van der Waals surface area contributed by atoms with Crippen LogP contribution in [0.3, 0.4) is 0 Å². The molecule has 22 heavy (non-hydrogen) atoms. The lowest BCUT2D eigenvalue weighted by molar-refractivity contribution is -0.133. The first-order valence-electron chi connectivity index (χ1n) is 6.94. The maximum Gasteiger partial charge on any atom is 0.335 e. The fourth-order valence-electron chi connectivity index (χ4n) is 2.28. The normalized spacial score (nSPS) is 17.5. The van der Waals surface area contributed by atoms with E-state index in [1.165, 1.54) is 17.3 Å². The van der Waals surface area contributed by atoms with Crippen LogP contribution >= 0.6 is 11.8 Å². The number of carboxylic acids is 1. The quantitative estimate of drug-likeness (QED) is 0.892. The second-order valence-corrected chi connectivity index (χ2v) is 5.81. The number of amidine groups is 1. The number of rotatable bonds is 4. The number of carbonyl (C=O) groups is 1. The van der Waals surface area contributed by atoms with Gasteiger partial charge in [0.2, 0.25) is 0 Å². The molecule has 5 nitrogen and oxygen atoms in total. The van der Waals surface area contributed by atoms with Gasteiger partial charge < -0.3 is 10.4 Å². The SMILES string of the molecule is CCc1ccc(C2N=C(SCC#N)NC(C)=C2C(=O)O)cc1. The Hall–Kier alpha value is -2.26. The van der Waals surface area contributed by atoms with E-state index in [0.29, 0.717) is 10.9 Å². The lowest BCUT2D eigenvalue weighted by atomic mass is 9.95. The van der Waals surface area contributed by atoms with Crippen LogP contribution in [0, 0.1) is 11.3 Å². The number of hydrogen-bond acceptors (Lipinski definition) is 5. The summed E-state index contributed by atoms with van der Waals surface area (Å²) in [4.78, 5) is 16.0. The lowest BCUT2D eigenvalue weighted by Gasteiger charge is -2.24. The second kappa shape index (κ2) is 7.14. The molecule has 0 saturated carbocycles. The molecule has 0 bridgehead atoms. The average molecular weight is 315 g/mol. The summed E-state index contributed by atoms with van der Waals surface area (Å²) in [6.45, 7) is 3.79. The van der Waals surface area contributed by atoms with Crippen molar-refractivity contribution in [3.05, 3.63) is 46.7 Å². The third-order valence-corrected chi connectivity index (χ3v) is 4.18. The molecule has 0 fully saturated rings. The summed E-state index contributed by atoms with van der Waals surface area (Å²) in [5.41, 5.74) is 2.84. The van der Waals surface area contributed by atoms with E-state index in [0.717, 1.165) is 12.0 Å². The summed E-state index contributed by atoms with van der Waals surface area (Å²) >= 11 is 1.27. The Balaban J connectivity index is 2.40. The van der Waals surface area contributed by atoms with Gasteiger partial charge in [-0.05, 0) is 24.5 Å². The molecule has 0 saturated heterocycles. The van der Waals surface area contributed by atoms with Crippen LogP contribution < -0.4 is 5.32 Å². The largest absolute Gasteiger partial charge is 0.478 e. The van der Waals surface area contributed by atoms with Crippen LogP contribution in [0.15, 0.2) is 40.5 Å². The van der Waals surface area contributed by atoms with Crippen molar-refractivity contribution < 1.29 is 9.90 Å². The number of nitrogens with zero attached hydrogens (tertiary/aromatic N) is 2. The fourth-order valence-corrected chi connectivity index (χ4v) is 2.88. The topological polar surface area (TPSA) is 85.5 Å². The van der Waals surface area contributed by atoms with Gasteiger partial charge >= 0.3 is 5.97 Å². The van der Waals surface area contributed by atoms with E-state index >= 15 is 0 Å². The number of nitrogens with one attached hydrogen (secondary N) is 1. The molecule has 1 aliphatic rings. The smallest absolute Gasteiger partial charge is 0.335 e. The van der Waals surface area contributed by atoms with Crippen molar-refractivity contribution in [1.82, 2.24) is 5.32 Å². The van der Waals surface area contributed by atoms with Crippen LogP contribution in [-0.2, 0) is 11.2 Å². The van der Waals surface area contributed by atoms with Crippen molar-refractivity contribution >= 4 is 22.9 Å². The third kappa shape index (κ3) is 3.49. The van der Waals surface area contributed by atoms with Gasteiger partial charge in [-0.15, -0.1) is 0 Å². The van der Waals surface area contributed by atoms with Crippen LogP contribution in [0.2, 0.25) is 0 Å². The molecule has 1 heterocycles. The van der Waals surface area contributed by atoms with Gasteiger partial charge in [0.1, 0.15) is 6.04 Å². The van der Waals surface area contributed by atoms with Gasteiger partial charge in [0.05, 0.1) is 17.4 Å². The first-order chi connectivity index (χ1) is 10.6. The highest BCUT2D eigenvalue weighted by Gasteiger charge is 2.29. The van der Waals surface area contributed by atoms with Gasteiger partial charge in [0.25, 0.3) is 0 Å². The molecule has 1 atom stereocenters. The molecule has 1 aromatic rings. The zero-order valence-corrected chi connectivity index (χ0v) is 13.3. The molecule has 1 unspecified atom stereocenters. The summed E-state index contributed by atoms with van der Waals surface area (Å²) < 4.78 is 0. The van der Waals surface area contributed by atoms with Gasteiger partial charge in [-0.3, -0.25) is 0 Å². The minimum Gasteiger partial charge on any atom is -0.478 e. The summed E-state index contributed by atoms with van der Waals surface area (Å²) in [5.74, 6) is -0.717. The van der Waals surface area contributed by atoms with Crippen molar-refractivity contribution in [2.45, 2.75) is 26.3 Å². The zero-order valence-electron chi connectivity index (χ0n) is 12.5. The molecule has 2 rings (SSSR count). The number of hydrogen-bond donors (Lipinski definition) is 2. The number of aryl methyl sites for hydroxylation is 1. The number of benzene rings is 1. The van der Waals surface area contributed by atoms with Crippen LogP contribution in [0.5, 0.6) is 0 Å². The molecule has 0 aromatic heterocycles. The van der Waals surface area contributed by atoms with Crippen molar-refractivity contribution in [1.29, 1.82) is 5.26 Å². The van der Waals surface area contributed by atoms with E-state index in [-0.39, 0.29) is 11.3 Å². The van der Waals surface area contributed by atoms with Crippen molar-refractivity contribution in [2.24, 2.45) is 4.99 Å². The Morgan fingerprint density at radius 1 is 1.45 bits per heavy atom. The van der Waals surface area contributed by atoms with Crippen LogP contribution in [0.4, 0.5) is 0 Å². The Labute approximate surface area is 133 Å². The highest BCUT2D eigenvalue weighted by Crippen LogP contribution is 2.32. The first-order valence-corrected chi connectivity index (χ1v) is 7.92. The molecule has 2 N–H and O–H groups in total. The fraction of sp³-hybridized carbons (Fsp3) is 0.312. The summed E-state index contributed by atoms with van der Waals surface area (Å²) in [6.07, 6.45) is 0.930. The van der Waals surface area contributed by atoms with Gasteiger partial charge in [-0.1, -0.05) is 43.0 Å². The van der Waals surface area contributed by atoms with E-state index in [1.54, 1.807) is 6.92 Å². The summed E-state index contributed by atoms with van der Waals surface area (Å²) in [5, 5.41) is 21.7. The molecular formula is C16H17N3O2S. The molecule has 114 valence electrons. The molecule has 1 aromatic carbocycles. The van der Waals surface area contributed by atoms with Crippen molar-refractivity contribution in [3.8, 4) is 6.07 Å². The Morgan fingerprint density at radius 2 is 2.14 bits per heavy atom. The van der Waals surface area contributed by atoms with Gasteiger partial charge in [-0.2, -0.15) is 5.26 Å². The van der Waals surface area contributed by atoms with E-state index < -0.39 is 12.0 Å². The van der Waals surface area contributed by atoms with Crippen LogP contribution in [0.25, 0.3) is 0 Å². The number of nitriles is 1. The molecular weight excluding hydrogens is 298 g/mol. The Morgan fingerprint density at radius 3 is 2.68 bits per heavy atom. The van der Waals surface area contributed by atoms with Crippen molar-refractivity contribution in [2.75, 3.05) is 5.75 Å². The van der Waals surface area contributed by atoms with Crippen molar-refractivity contribution in [3.63, 3.8) is 0 Å². The standard InChI is InChI=1S/C16H17N3O2S/c1-3-11-4-6-12(7-5-11)14-13(15(20)21)10(2)18-16(19-14)22-9-8-17/h4-7,14H,3,9H2,1-2H3,(H,18,19)(H,20,21). The van der Waals surface area contributed by atoms with E-state index in [2.05, 4.69) is 17.2 Å². The molecule has 0 amide bonds. The van der Waals surface area contributed by atoms with E-state index in [9.17, 15) is 9.90 Å². The van der Waals surface area contributed by atoms with E-state index in [1.807, 2.05) is 30.3 Å². The van der Waals surface area contributed by atoms with Gasteiger partial charge in [0, 0.05) is 5.70 Å². The van der Waals surface area contributed by atoms with Gasteiger partial charge in [-0.25, -0.2) is 9.79 Å². The lowest BCUT2D eigenvalue weighted by Crippen LogP contribution is -2.29. The summed E-state index contributed by atoms with van der Waals surface area (Å²) in [7, 11) is 0. The number of allylic oxidation sites excluding steroid dienone is 1. The highest BCUT2D eigenvalue weighted by molar-refractivity contribution is 8.14. The maximum absolute atomic E-state index is 11.6.